The molecule has 4 heteroatoms. The van der Waals surface area contributed by atoms with Crippen LogP contribution >= 0.6 is 0 Å². The van der Waals surface area contributed by atoms with Gasteiger partial charge in [0.1, 0.15) is 5.82 Å². The average molecular weight is 210 g/mol. The first-order valence-electron chi connectivity index (χ1n) is 5.07. The van der Waals surface area contributed by atoms with Crippen LogP contribution in [0.5, 0.6) is 0 Å². The van der Waals surface area contributed by atoms with Crippen LogP contribution in [-0.2, 0) is 6.54 Å². The fraction of sp³-hybridized carbons (Fsp3) is 0.636. The molecule has 15 heavy (non-hydrogen) atoms. The van der Waals surface area contributed by atoms with Crippen LogP contribution in [0.15, 0.2) is 10.9 Å². The predicted octanol–water partition coefficient (Wildman–Crippen LogP) is 1.02. The van der Waals surface area contributed by atoms with Crippen molar-refractivity contribution < 1.29 is 5.11 Å². The van der Waals surface area contributed by atoms with Gasteiger partial charge in [0.15, 0.2) is 0 Å². The van der Waals surface area contributed by atoms with Gasteiger partial charge in [0.25, 0.3) is 5.56 Å². The third-order valence-corrected chi connectivity index (χ3v) is 2.27. The number of rotatable bonds is 3. The molecule has 0 saturated heterocycles. The largest absolute Gasteiger partial charge is 0.390 e. The second-order valence-electron chi connectivity index (χ2n) is 4.50. The number of aryl methyl sites for hydroxylation is 2. The molecule has 0 aromatic carbocycles. The van der Waals surface area contributed by atoms with Crippen molar-refractivity contribution >= 4 is 0 Å². The van der Waals surface area contributed by atoms with Crippen molar-refractivity contribution in [2.45, 2.75) is 46.3 Å². The summed E-state index contributed by atoms with van der Waals surface area (Å²) in [6.07, 6.45) is 0.540. The lowest BCUT2D eigenvalue weighted by molar-refractivity contribution is 0.0656. The lowest BCUT2D eigenvalue weighted by atomic mass is 10.1. The molecule has 0 spiro atoms. The summed E-state index contributed by atoms with van der Waals surface area (Å²) in [6.45, 7) is 7.57. The zero-order valence-electron chi connectivity index (χ0n) is 9.74. The summed E-state index contributed by atoms with van der Waals surface area (Å²) in [4.78, 5) is 15.8. The predicted molar refractivity (Wildman–Crippen MR) is 58.9 cm³/mol. The Morgan fingerprint density at radius 3 is 2.53 bits per heavy atom. The Morgan fingerprint density at radius 2 is 2.07 bits per heavy atom. The molecular weight excluding hydrogens is 192 g/mol. The SMILES string of the molecule is Cc1cc(=O)n(CCC(C)(C)O)c(C)n1. The maximum absolute atomic E-state index is 11.6. The van der Waals surface area contributed by atoms with Crippen LogP contribution in [0.3, 0.4) is 0 Å². The zero-order chi connectivity index (χ0) is 11.6. The molecule has 1 N–H and O–H groups in total. The first-order valence-corrected chi connectivity index (χ1v) is 5.07. The molecule has 1 heterocycles. The van der Waals surface area contributed by atoms with Crippen LogP contribution in [0.2, 0.25) is 0 Å². The molecule has 1 aromatic heterocycles. The summed E-state index contributed by atoms with van der Waals surface area (Å²) in [6, 6.07) is 1.51. The highest BCUT2D eigenvalue weighted by Gasteiger charge is 2.13. The molecule has 0 fully saturated rings. The number of nitrogens with zero attached hydrogens (tertiary/aromatic N) is 2. The van der Waals surface area contributed by atoms with Crippen molar-refractivity contribution in [3.63, 3.8) is 0 Å². The van der Waals surface area contributed by atoms with Gasteiger partial charge in [-0.3, -0.25) is 9.36 Å². The molecule has 1 aromatic rings. The average Bonchev–Trinajstić information content (AvgIpc) is 1.99. The maximum Gasteiger partial charge on any atom is 0.253 e. The quantitative estimate of drug-likeness (QED) is 0.810. The summed E-state index contributed by atoms with van der Waals surface area (Å²) in [5.41, 5.74) is -0.0715. The van der Waals surface area contributed by atoms with Crippen LogP contribution in [0.1, 0.15) is 31.8 Å². The van der Waals surface area contributed by atoms with E-state index in [1.165, 1.54) is 6.07 Å². The van der Waals surface area contributed by atoms with Crippen molar-refractivity contribution in [1.82, 2.24) is 9.55 Å². The fourth-order valence-electron chi connectivity index (χ4n) is 1.42. The summed E-state index contributed by atoms with van der Waals surface area (Å²) in [5.74, 6) is 0.698. The van der Waals surface area contributed by atoms with Gasteiger partial charge < -0.3 is 5.11 Å². The summed E-state index contributed by atoms with van der Waals surface area (Å²) in [5, 5.41) is 9.58. The van der Waals surface area contributed by atoms with E-state index < -0.39 is 5.60 Å². The highest BCUT2D eigenvalue weighted by Crippen LogP contribution is 2.08. The highest BCUT2D eigenvalue weighted by molar-refractivity contribution is 5.01. The molecule has 84 valence electrons. The molecule has 0 amide bonds. The Balaban J connectivity index is 2.91. The number of aliphatic hydroxyl groups is 1. The van der Waals surface area contributed by atoms with Gasteiger partial charge in [-0.05, 0) is 34.1 Å². The fourth-order valence-corrected chi connectivity index (χ4v) is 1.42. The van der Waals surface area contributed by atoms with Gasteiger partial charge in [0.2, 0.25) is 0 Å². The molecule has 0 bridgehead atoms. The lowest BCUT2D eigenvalue weighted by Gasteiger charge is -2.18. The van der Waals surface area contributed by atoms with Gasteiger partial charge in [-0.1, -0.05) is 0 Å². The summed E-state index contributed by atoms with van der Waals surface area (Å²) in [7, 11) is 0. The molecule has 0 saturated carbocycles. The second-order valence-corrected chi connectivity index (χ2v) is 4.50. The van der Waals surface area contributed by atoms with Gasteiger partial charge >= 0.3 is 0 Å². The zero-order valence-corrected chi connectivity index (χ0v) is 9.74. The van der Waals surface area contributed by atoms with Gasteiger partial charge in [-0.25, -0.2) is 4.98 Å². The Hall–Kier alpha value is -1.16. The maximum atomic E-state index is 11.6. The number of hydrogen-bond donors (Lipinski definition) is 1. The van der Waals surface area contributed by atoms with Gasteiger partial charge in [0.05, 0.1) is 5.60 Å². The lowest BCUT2D eigenvalue weighted by Crippen LogP contribution is -2.28. The van der Waals surface area contributed by atoms with Crippen molar-refractivity contribution in [2.75, 3.05) is 0 Å². The topological polar surface area (TPSA) is 55.1 Å². The van der Waals surface area contributed by atoms with Gasteiger partial charge in [0, 0.05) is 18.3 Å². The molecular formula is C11H18N2O2. The molecule has 0 aliphatic carbocycles. The standard InChI is InChI=1S/C11H18N2O2/c1-8-7-10(14)13(9(2)12-8)6-5-11(3,4)15/h7,15H,5-6H2,1-4H3. The van der Waals surface area contributed by atoms with Crippen LogP contribution in [0.25, 0.3) is 0 Å². The Labute approximate surface area is 89.6 Å². The van der Waals surface area contributed by atoms with Crippen LogP contribution in [-0.4, -0.2) is 20.3 Å². The smallest absolute Gasteiger partial charge is 0.253 e. The van der Waals surface area contributed by atoms with E-state index in [0.29, 0.717) is 18.8 Å². The molecule has 1 rings (SSSR count). The van der Waals surface area contributed by atoms with Crippen molar-refractivity contribution in [1.29, 1.82) is 0 Å². The van der Waals surface area contributed by atoms with Crippen molar-refractivity contribution in [3.8, 4) is 0 Å². The monoisotopic (exact) mass is 210 g/mol. The first-order chi connectivity index (χ1) is 6.79. The molecule has 0 aliphatic rings. The molecule has 0 aliphatic heterocycles. The minimum Gasteiger partial charge on any atom is -0.390 e. The Morgan fingerprint density at radius 1 is 1.47 bits per heavy atom. The molecule has 4 nitrogen and oxygen atoms in total. The minimum absolute atomic E-state index is 0.0516. The van der Waals surface area contributed by atoms with E-state index in [1.807, 2.05) is 0 Å². The third kappa shape index (κ3) is 3.47. The van der Waals surface area contributed by atoms with Crippen LogP contribution in [0, 0.1) is 13.8 Å². The Kier molecular flexibility index (Phi) is 3.29. The van der Waals surface area contributed by atoms with E-state index in [9.17, 15) is 9.90 Å². The van der Waals surface area contributed by atoms with E-state index in [-0.39, 0.29) is 5.56 Å². The highest BCUT2D eigenvalue weighted by atomic mass is 16.3. The number of aromatic nitrogens is 2. The normalized spacial score (nSPS) is 11.8. The van der Waals surface area contributed by atoms with Gasteiger partial charge in [-0.15, -0.1) is 0 Å². The summed E-state index contributed by atoms with van der Waals surface area (Å²) >= 11 is 0. The molecule has 0 radical (unpaired) electrons. The minimum atomic E-state index is -0.753. The Bertz CT molecular complexity index is 402. The van der Waals surface area contributed by atoms with E-state index in [2.05, 4.69) is 4.98 Å². The molecule has 0 atom stereocenters. The van der Waals surface area contributed by atoms with Crippen LogP contribution < -0.4 is 5.56 Å². The van der Waals surface area contributed by atoms with Crippen molar-refractivity contribution in [3.05, 3.63) is 27.9 Å². The van der Waals surface area contributed by atoms with E-state index >= 15 is 0 Å². The van der Waals surface area contributed by atoms with Crippen LogP contribution in [0.4, 0.5) is 0 Å². The number of hydrogen-bond acceptors (Lipinski definition) is 3. The van der Waals surface area contributed by atoms with E-state index in [1.54, 1.807) is 32.3 Å². The van der Waals surface area contributed by atoms with Gasteiger partial charge in [-0.2, -0.15) is 0 Å². The van der Waals surface area contributed by atoms with E-state index in [0.717, 1.165) is 5.69 Å². The van der Waals surface area contributed by atoms with E-state index in [4.69, 9.17) is 0 Å². The summed E-state index contributed by atoms with van der Waals surface area (Å²) < 4.78 is 1.59. The van der Waals surface area contributed by atoms with Crippen molar-refractivity contribution in [2.24, 2.45) is 0 Å². The third-order valence-electron chi connectivity index (χ3n) is 2.27. The second kappa shape index (κ2) is 4.14. The molecule has 0 unspecified atom stereocenters. The first kappa shape index (κ1) is 11.9.